The van der Waals surface area contributed by atoms with Crippen LogP contribution in [0.25, 0.3) is 0 Å². The van der Waals surface area contributed by atoms with Crippen molar-refractivity contribution in [2.75, 3.05) is 6.54 Å². The Labute approximate surface area is 109 Å². The molecule has 19 heavy (non-hydrogen) atoms. The van der Waals surface area contributed by atoms with Crippen molar-refractivity contribution in [1.82, 2.24) is 5.32 Å². The molecule has 0 heterocycles. The summed E-state index contributed by atoms with van der Waals surface area (Å²) in [6.07, 6.45) is -2.99. The van der Waals surface area contributed by atoms with Gasteiger partial charge in [-0.2, -0.15) is 13.2 Å². The summed E-state index contributed by atoms with van der Waals surface area (Å²) < 4.78 is 35.7. The zero-order valence-corrected chi connectivity index (χ0v) is 10.5. The maximum atomic E-state index is 11.9. The van der Waals surface area contributed by atoms with Crippen molar-refractivity contribution in [3.8, 4) is 0 Å². The van der Waals surface area contributed by atoms with E-state index in [0.717, 1.165) is 6.42 Å². The minimum atomic E-state index is -4.16. The van der Waals surface area contributed by atoms with Gasteiger partial charge in [0.25, 0.3) is 0 Å². The highest BCUT2D eigenvalue weighted by atomic mass is 19.4. The Balaban J connectivity index is 2.31. The number of amidine groups is 1. The van der Waals surface area contributed by atoms with Crippen LogP contribution in [0.4, 0.5) is 13.2 Å². The molecule has 1 fully saturated rings. The van der Waals surface area contributed by atoms with Gasteiger partial charge in [-0.05, 0) is 25.7 Å². The summed E-state index contributed by atoms with van der Waals surface area (Å²) in [6, 6.07) is 0. The Morgan fingerprint density at radius 2 is 2.00 bits per heavy atom. The molecule has 110 valence electrons. The van der Waals surface area contributed by atoms with Gasteiger partial charge < -0.3 is 16.3 Å². The monoisotopic (exact) mass is 281 g/mol. The highest BCUT2D eigenvalue weighted by Crippen LogP contribution is 2.41. The number of hydrogen-bond acceptors (Lipinski definition) is 3. The van der Waals surface area contributed by atoms with Gasteiger partial charge in [-0.25, -0.2) is 0 Å². The van der Waals surface area contributed by atoms with Gasteiger partial charge in [-0.3, -0.25) is 4.79 Å². The number of oxime groups is 1. The fraction of sp³-hybridized carbons (Fsp3) is 0.818. The highest BCUT2D eigenvalue weighted by Gasteiger charge is 2.48. The molecule has 0 aliphatic heterocycles. The second-order valence-corrected chi connectivity index (χ2v) is 4.75. The molecule has 0 bridgehead atoms. The molecule has 0 aromatic carbocycles. The third kappa shape index (κ3) is 4.00. The van der Waals surface area contributed by atoms with Gasteiger partial charge in [0.05, 0.1) is 0 Å². The summed E-state index contributed by atoms with van der Waals surface area (Å²) in [7, 11) is 0. The first-order chi connectivity index (χ1) is 8.82. The molecule has 0 unspecified atom stereocenters. The molecule has 1 aliphatic rings. The van der Waals surface area contributed by atoms with Gasteiger partial charge in [-0.1, -0.05) is 11.6 Å². The van der Waals surface area contributed by atoms with Crippen molar-refractivity contribution < 1.29 is 23.2 Å². The molecule has 1 saturated carbocycles. The number of nitrogens with one attached hydrogen (secondary N) is 1. The van der Waals surface area contributed by atoms with Crippen molar-refractivity contribution in [1.29, 1.82) is 0 Å². The first-order valence-corrected chi connectivity index (χ1v) is 6.15. The van der Waals surface area contributed by atoms with Crippen LogP contribution in [-0.2, 0) is 4.79 Å². The van der Waals surface area contributed by atoms with Gasteiger partial charge in [0, 0.05) is 13.0 Å². The van der Waals surface area contributed by atoms with Crippen molar-refractivity contribution in [3.63, 3.8) is 0 Å². The Morgan fingerprint density at radius 3 is 2.42 bits per heavy atom. The fourth-order valence-corrected chi connectivity index (χ4v) is 2.05. The van der Waals surface area contributed by atoms with Gasteiger partial charge in [0.1, 0.15) is 5.41 Å². The number of halogens is 3. The summed E-state index contributed by atoms with van der Waals surface area (Å²) in [6.45, 7) is 0.162. The lowest BCUT2D eigenvalue weighted by Gasteiger charge is -2.38. The minimum absolute atomic E-state index is 0.0274. The van der Waals surface area contributed by atoms with E-state index < -0.39 is 18.0 Å². The van der Waals surface area contributed by atoms with E-state index in [1.165, 1.54) is 0 Å². The van der Waals surface area contributed by atoms with E-state index in [1.807, 2.05) is 0 Å². The summed E-state index contributed by atoms with van der Waals surface area (Å²) in [5.74, 6) is -0.507. The summed E-state index contributed by atoms with van der Waals surface area (Å²) in [5, 5.41) is 14.1. The first-order valence-electron chi connectivity index (χ1n) is 6.15. The summed E-state index contributed by atoms with van der Waals surface area (Å²) in [4.78, 5) is 11.9. The maximum Gasteiger partial charge on any atom is 0.389 e. The van der Waals surface area contributed by atoms with Crippen LogP contribution in [0.3, 0.4) is 0 Å². The second-order valence-electron chi connectivity index (χ2n) is 4.75. The zero-order chi connectivity index (χ0) is 14.5. The van der Waals surface area contributed by atoms with Gasteiger partial charge in [-0.15, -0.1) is 0 Å². The molecule has 1 amide bonds. The molecular weight excluding hydrogens is 263 g/mol. The Hall–Kier alpha value is -1.47. The quantitative estimate of drug-likeness (QED) is 0.228. The predicted octanol–water partition coefficient (Wildman–Crippen LogP) is 1.75. The van der Waals surface area contributed by atoms with Crippen molar-refractivity contribution in [2.24, 2.45) is 16.3 Å². The number of unbranched alkanes of at least 4 members (excludes halogenated alkanes) is 1. The highest BCUT2D eigenvalue weighted by molar-refractivity contribution is 6.07. The topological polar surface area (TPSA) is 87.7 Å². The molecule has 0 aromatic rings. The lowest BCUT2D eigenvalue weighted by atomic mass is 9.67. The Morgan fingerprint density at radius 1 is 1.37 bits per heavy atom. The van der Waals surface area contributed by atoms with Crippen LogP contribution in [0.1, 0.15) is 38.5 Å². The third-order valence-corrected chi connectivity index (χ3v) is 3.41. The van der Waals surface area contributed by atoms with Crippen LogP contribution in [-0.4, -0.2) is 29.7 Å². The van der Waals surface area contributed by atoms with Crippen LogP contribution >= 0.6 is 0 Å². The van der Waals surface area contributed by atoms with Gasteiger partial charge in [0.2, 0.25) is 5.91 Å². The first kappa shape index (κ1) is 15.6. The fourth-order valence-electron chi connectivity index (χ4n) is 2.05. The molecule has 4 N–H and O–H groups in total. The van der Waals surface area contributed by atoms with E-state index >= 15 is 0 Å². The van der Waals surface area contributed by atoms with Gasteiger partial charge in [0.15, 0.2) is 5.84 Å². The van der Waals surface area contributed by atoms with Crippen LogP contribution in [0.2, 0.25) is 0 Å². The molecule has 0 spiro atoms. The van der Waals surface area contributed by atoms with Crippen molar-refractivity contribution in [2.45, 2.75) is 44.7 Å². The molecule has 8 heteroatoms. The summed E-state index contributed by atoms with van der Waals surface area (Å²) in [5.41, 5.74) is 4.52. The van der Waals surface area contributed by atoms with E-state index in [9.17, 15) is 18.0 Å². The molecule has 0 aromatic heterocycles. The largest absolute Gasteiger partial charge is 0.409 e. The van der Waals surface area contributed by atoms with E-state index in [0.29, 0.717) is 12.8 Å². The molecule has 0 radical (unpaired) electrons. The molecule has 1 aliphatic carbocycles. The summed E-state index contributed by atoms with van der Waals surface area (Å²) >= 11 is 0. The Kier molecular flexibility index (Phi) is 5.02. The van der Waals surface area contributed by atoms with E-state index in [1.54, 1.807) is 0 Å². The number of amides is 1. The predicted molar refractivity (Wildman–Crippen MR) is 62.6 cm³/mol. The molecule has 0 saturated heterocycles. The maximum absolute atomic E-state index is 11.9. The van der Waals surface area contributed by atoms with E-state index in [4.69, 9.17) is 10.9 Å². The van der Waals surface area contributed by atoms with Crippen LogP contribution in [0, 0.1) is 5.41 Å². The van der Waals surface area contributed by atoms with Crippen molar-refractivity contribution in [3.05, 3.63) is 0 Å². The van der Waals surface area contributed by atoms with Crippen molar-refractivity contribution >= 4 is 11.7 Å². The number of nitrogens with zero attached hydrogens (tertiary/aromatic N) is 1. The lowest BCUT2D eigenvalue weighted by Crippen LogP contribution is -2.54. The third-order valence-electron chi connectivity index (χ3n) is 3.41. The number of nitrogens with two attached hydrogens (primary N) is 1. The second kappa shape index (κ2) is 6.12. The standard InChI is InChI=1S/C11H18F3N3O2/c12-11(13,14)6-1-2-7-16-9(18)10(4-3-5-10)8(15)17-19/h19H,1-7H2,(H2,15,17)(H,16,18). The minimum Gasteiger partial charge on any atom is -0.409 e. The van der Waals surface area contributed by atoms with Crippen LogP contribution in [0.15, 0.2) is 5.16 Å². The molecule has 5 nitrogen and oxygen atoms in total. The number of carbonyl (C=O) groups excluding carboxylic acids is 1. The van der Waals surface area contributed by atoms with Gasteiger partial charge >= 0.3 is 6.18 Å². The molecular formula is C11H18F3N3O2. The van der Waals surface area contributed by atoms with Crippen LogP contribution in [0.5, 0.6) is 0 Å². The normalized spacial score (nSPS) is 18.8. The average molecular weight is 281 g/mol. The zero-order valence-electron chi connectivity index (χ0n) is 10.5. The average Bonchev–Trinajstić information content (AvgIpc) is 2.25. The number of carbonyl (C=O) groups is 1. The van der Waals surface area contributed by atoms with Crippen LogP contribution < -0.4 is 11.1 Å². The molecule has 0 atom stereocenters. The SMILES string of the molecule is NC(=NO)C1(C(=O)NCCCCC(F)(F)F)CCC1. The van der Waals surface area contributed by atoms with E-state index in [2.05, 4.69) is 10.5 Å². The molecule has 1 rings (SSSR count). The Bertz CT molecular complexity index is 352. The smallest absolute Gasteiger partial charge is 0.389 e. The number of hydrogen-bond donors (Lipinski definition) is 3. The number of alkyl halides is 3. The van der Waals surface area contributed by atoms with E-state index in [-0.39, 0.29) is 31.1 Å². The lowest BCUT2D eigenvalue weighted by molar-refractivity contribution is -0.135. The number of rotatable bonds is 6.